The first kappa shape index (κ1) is 32.2. The number of hydrogen-bond donors (Lipinski definition) is 1. The van der Waals surface area contributed by atoms with Crippen LogP contribution in [0.4, 0.5) is 5.69 Å². The zero-order chi connectivity index (χ0) is 30.2. The summed E-state index contributed by atoms with van der Waals surface area (Å²) in [5.74, 6) is -0.393. The van der Waals surface area contributed by atoms with E-state index in [1.807, 2.05) is 44.2 Å². The van der Waals surface area contributed by atoms with E-state index in [2.05, 4.69) is 5.32 Å². The number of rotatable bonds is 13. The van der Waals surface area contributed by atoms with E-state index < -0.39 is 28.5 Å². The molecule has 41 heavy (non-hydrogen) atoms. The second-order valence-electron chi connectivity index (χ2n) is 9.85. The number of halogens is 2. The molecule has 3 rings (SSSR count). The molecule has 0 saturated carbocycles. The maximum Gasteiger partial charge on any atom is 0.244 e. The Morgan fingerprint density at radius 2 is 1.54 bits per heavy atom. The second-order valence-corrected chi connectivity index (χ2v) is 12.6. The maximum absolute atomic E-state index is 13.8. The third-order valence-corrected chi connectivity index (χ3v) is 8.11. The van der Waals surface area contributed by atoms with Gasteiger partial charge in [-0.05, 0) is 62.2 Å². The minimum absolute atomic E-state index is 0.0781. The molecule has 3 aromatic carbocycles. The van der Waals surface area contributed by atoms with Gasteiger partial charge >= 0.3 is 0 Å². The van der Waals surface area contributed by atoms with Crippen LogP contribution in [-0.4, -0.2) is 50.0 Å². The Morgan fingerprint density at radius 1 is 0.927 bits per heavy atom. The van der Waals surface area contributed by atoms with E-state index in [9.17, 15) is 18.0 Å². The summed E-state index contributed by atoms with van der Waals surface area (Å²) in [6.07, 6.45) is 1.32. The summed E-state index contributed by atoms with van der Waals surface area (Å²) in [7, 11) is -3.88. The van der Waals surface area contributed by atoms with Crippen LogP contribution in [0.3, 0.4) is 0 Å². The van der Waals surface area contributed by atoms with Crippen LogP contribution in [-0.2, 0) is 32.8 Å². The molecule has 0 aliphatic heterocycles. The van der Waals surface area contributed by atoms with Crippen molar-refractivity contribution in [2.45, 2.75) is 52.4 Å². The average molecular weight is 621 g/mol. The van der Waals surface area contributed by atoms with Gasteiger partial charge in [0.2, 0.25) is 21.8 Å². The number of amides is 2. The fraction of sp³-hybridized carbons (Fsp3) is 0.333. The molecule has 0 aliphatic rings. The molecule has 8 nitrogen and oxygen atoms in total. The second kappa shape index (κ2) is 14.6. The Hall–Kier alpha value is -3.27. The average Bonchev–Trinajstić information content (AvgIpc) is 2.92. The van der Waals surface area contributed by atoms with Gasteiger partial charge in [0.05, 0.1) is 11.9 Å². The molecule has 220 valence electrons. The van der Waals surface area contributed by atoms with Crippen LogP contribution in [0.15, 0.2) is 72.8 Å². The summed E-state index contributed by atoms with van der Waals surface area (Å²) in [5, 5.41) is 3.51. The highest BCUT2D eigenvalue weighted by molar-refractivity contribution is 7.92. The first-order valence-electron chi connectivity index (χ1n) is 13.2. The Balaban J connectivity index is 1.89. The van der Waals surface area contributed by atoms with E-state index in [-0.39, 0.29) is 24.2 Å². The lowest BCUT2D eigenvalue weighted by Crippen LogP contribution is -2.53. The minimum Gasteiger partial charge on any atom is -0.489 e. The zero-order valence-electron chi connectivity index (χ0n) is 23.5. The van der Waals surface area contributed by atoms with Gasteiger partial charge in [-0.25, -0.2) is 8.42 Å². The molecule has 3 aromatic rings. The van der Waals surface area contributed by atoms with Crippen LogP contribution < -0.4 is 14.4 Å². The Morgan fingerprint density at radius 3 is 2.07 bits per heavy atom. The van der Waals surface area contributed by atoms with Crippen molar-refractivity contribution < 1.29 is 22.7 Å². The number of hydrogen-bond acceptors (Lipinski definition) is 5. The predicted molar refractivity (Wildman–Crippen MR) is 164 cm³/mol. The summed E-state index contributed by atoms with van der Waals surface area (Å²) in [6, 6.07) is 20.0. The molecule has 0 heterocycles. The van der Waals surface area contributed by atoms with E-state index in [0.29, 0.717) is 34.4 Å². The normalized spacial score (nSPS) is 12.1. The summed E-state index contributed by atoms with van der Waals surface area (Å²) in [5.41, 5.74) is 1.74. The Bertz CT molecular complexity index is 1410. The molecule has 0 aromatic heterocycles. The molecular formula is C30H35Cl2N3O5S. The largest absolute Gasteiger partial charge is 0.489 e. The third kappa shape index (κ3) is 9.11. The summed E-state index contributed by atoms with van der Waals surface area (Å²) in [4.78, 5) is 28.3. The number of nitrogens with one attached hydrogen (secondary N) is 1. The standard InChI is InChI=1S/C30H35Cl2N3O5S/c1-5-28(30(37)33-21(2)3)34(18-25-26(31)12-9-13-27(25)32)29(36)19-35(41(4,38)39)23-14-16-24(17-15-23)40-20-22-10-7-6-8-11-22/h6-17,21,28H,5,18-20H2,1-4H3,(H,33,37)/t28-/m0/s1. The molecule has 1 N–H and O–H groups in total. The van der Waals surface area contributed by atoms with Crippen LogP contribution in [0.2, 0.25) is 10.0 Å². The van der Waals surface area contributed by atoms with Crippen LogP contribution in [0.1, 0.15) is 38.3 Å². The zero-order valence-corrected chi connectivity index (χ0v) is 25.8. The monoisotopic (exact) mass is 619 g/mol. The lowest BCUT2D eigenvalue weighted by molar-refractivity contribution is -0.140. The summed E-state index contributed by atoms with van der Waals surface area (Å²) < 4.78 is 32.6. The van der Waals surface area contributed by atoms with Gasteiger partial charge in [0.15, 0.2) is 0 Å². The van der Waals surface area contributed by atoms with Gasteiger partial charge in [-0.1, -0.05) is 66.5 Å². The highest BCUT2D eigenvalue weighted by Gasteiger charge is 2.32. The number of benzene rings is 3. The fourth-order valence-corrected chi connectivity index (χ4v) is 5.58. The smallest absolute Gasteiger partial charge is 0.244 e. The Kier molecular flexibility index (Phi) is 11.5. The fourth-order valence-electron chi connectivity index (χ4n) is 4.22. The van der Waals surface area contributed by atoms with Gasteiger partial charge < -0.3 is 15.0 Å². The molecule has 0 fully saturated rings. The lowest BCUT2D eigenvalue weighted by Gasteiger charge is -2.33. The van der Waals surface area contributed by atoms with E-state index in [1.165, 1.54) is 4.90 Å². The highest BCUT2D eigenvalue weighted by atomic mass is 35.5. The number of carbonyl (C=O) groups is 2. The van der Waals surface area contributed by atoms with Crippen molar-refractivity contribution in [3.63, 3.8) is 0 Å². The van der Waals surface area contributed by atoms with Crippen molar-refractivity contribution in [1.82, 2.24) is 10.2 Å². The van der Waals surface area contributed by atoms with Crippen molar-refractivity contribution in [2.24, 2.45) is 0 Å². The maximum atomic E-state index is 13.8. The van der Waals surface area contributed by atoms with Crippen molar-refractivity contribution in [3.8, 4) is 5.75 Å². The van der Waals surface area contributed by atoms with Crippen molar-refractivity contribution in [2.75, 3.05) is 17.1 Å². The van der Waals surface area contributed by atoms with Gasteiger partial charge in [0.25, 0.3) is 0 Å². The number of carbonyl (C=O) groups excluding carboxylic acids is 2. The number of sulfonamides is 1. The molecule has 0 radical (unpaired) electrons. The molecule has 0 bridgehead atoms. The molecule has 11 heteroatoms. The Labute approximate surface area is 252 Å². The van der Waals surface area contributed by atoms with Crippen LogP contribution >= 0.6 is 23.2 Å². The van der Waals surface area contributed by atoms with Gasteiger partial charge in [0, 0.05) is 28.2 Å². The molecule has 0 saturated heterocycles. The van der Waals surface area contributed by atoms with Crippen LogP contribution in [0.25, 0.3) is 0 Å². The third-order valence-electron chi connectivity index (χ3n) is 6.26. The van der Waals surface area contributed by atoms with Crippen molar-refractivity contribution in [3.05, 3.63) is 94.0 Å². The summed E-state index contributed by atoms with van der Waals surface area (Å²) in [6.45, 7) is 5.16. The first-order chi connectivity index (χ1) is 19.4. The number of nitrogens with zero attached hydrogens (tertiary/aromatic N) is 2. The minimum atomic E-state index is -3.88. The van der Waals surface area contributed by atoms with Gasteiger partial charge in [-0.15, -0.1) is 0 Å². The van der Waals surface area contributed by atoms with Crippen LogP contribution in [0, 0.1) is 0 Å². The topological polar surface area (TPSA) is 96.0 Å². The first-order valence-corrected chi connectivity index (χ1v) is 15.8. The molecular weight excluding hydrogens is 585 g/mol. The van der Waals surface area contributed by atoms with E-state index in [4.69, 9.17) is 27.9 Å². The SMILES string of the molecule is CC[C@@H](C(=O)NC(C)C)N(Cc1c(Cl)cccc1Cl)C(=O)CN(c1ccc(OCc2ccccc2)cc1)S(C)(=O)=O. The van der Waals surface area contributed by atoms with Crippen LogP contribution in [0.5, 0.6) is 5.75 Å². The summed E-state index contributed by atoms with van der Waals surface area (Å²) >= 11 is 12.8. The van der Waals surface area contributed by atoms with Gasteiger partial charge in [-0.2, -0.15) is 0 Å². The molecule has 0 unspecified atom stereocenters. The van der Waals surface area contributed by atoms with Gasteiger partial charge in [-0.3, -0.25) is 13.9 Å². The van der Waals surface area contributed by atoms with E-state index in [0.717, 1.165) is 16.1 Å². The van der Waals surface area contributed by atoms with E-state index >= 15 is 0 Å². The number of ether oxygens (including phenoxy) is 1. The van der Waals surface area contributed by atoms with E-state index in [1.54, 1.807) is 49.4 Å². The van der Waals surface area contributed by atoms with Gasteiger partial charge in [0.1, 0.15) is 24.9 Å². The van der Waals surface area contributed by atoms with Crippen molar-refractivity contribution in [1.29, 1.82) is 0 Å². The molecule has 0 aliphatic carbocycles. The lowest BCUT2D eigenvalue weighted by atomic mass is 10.1. The molecule has 0 spiro atoms. The predicted octanol–water partition coefficient (Wildman–Crippen LogP) is 5.67. The van der Waals surface area contributed by atoms with Crippen molar-refractivity contribution >= 4 is 50.7 Å². The molecule has 1 atom stereocenters. The number of anilines is 1. The quantitative estimate of drug-likeness (QED) is 0.266. The molecule has 2 amide bonds. The highest BCUT2D eigenvalue weighted by Crippen LogP contribution is 2.28.